The van der Waals surface area contributed by atoms with Crippen LogP contribution in [0, 0.1) is 0 Å². The van der Waals surface area contributed by atoms with E-state index in [0.717, 1.165) is 12.5 Å². The lowest BCUT2D eigenvalue weighted by atomic mass is 10.1. The van der Waals surface area contributed by atoms with E-state index in [4.69, 9.17) is 4.74 Å². The number of rotatable bonds is 2. The van der Waals surface area contributed by atoms with Gasteiger partial charge in [-0.05, 0) is 25.3 Å². The summed E-state index contributed by atoms with van der Waals surface area (Å²) >= 11 is 0. The molecule has 2 heterocycles. The first-order valence-electron chi connectivity index (χ1n) is 6.38. The van der Waals surface area contributed by atoms with Crippen LogP contribution < -0.4 is 5.32 Å². The van der Waals surface area contributed by atoms with Gasteiger partial charge in [-0.15, -0.1) is 0 Å². The average molecular weight is 288 g/mol. The second-order valence-corrected chi connectivity index (χ2v) is 4.63. The smallest absolute Gasteiger partial charge is 0.381 e. The van der Waals surface area contributed by atoms with Crippen LogP contribution >= 0.6 is 0 Å². The summed E-state index contributed by atoms with van der Waals surface area (Å²) in [6.45, 7) is 1.13. The number of hydrogen-bond acceptors (Lipinski definition) is 3. The van der Waals surface area contributed by atoms with E-state index in [-0.39, 0.29) is 6.04 Å². The van der Waals surface area contributed by atoms with E-state index in [2.05, 4.69) is 10.3 Å². The molecule has 1 N–H and O–H groups in total. The van der Waals surface area contributed by atoms with Gasteiger partial charge in [0.2, 0.25) is 0 Å². The molecule has 4 nitrogen and oxygen atoms in total. The predicted molar refractivity (Wildman–Crippen MR) is 65.2 cm³/mol. The highest BCUT2D eigenvalue weighted by molar-refractivity contribution is 5.95. The van der Waals surface area contributed by atoms with Crippen LogP contribution in [0.3, 0.4) is 0 Å². The second-order valence-electron chi connectivity index (χ2n) is 4.63. The van der Waals surface area contributed by atoms with Gasteiger partial charge in [-0.25, -0.2) is 0 Å². The molecule has 1 aromatic rings. The first-order valence-corrected chi connectivity index (χ1v) is 6.38. The molecule has 110 valence electrons. The molecule has 1 unspecified atom stereocenters. The van der Waals surface area contributed by atoms with Crippen molar-refractivity contribution in [1.29, 1.82) is 0 Å². The molecular formula is C13H15F3N2O2. The minimum absolute atomic E-state index is 0.153. The molecule has 1 atom stereocenters. The average Bonchev–Trinajstić information content (AvgIpc) is 2.66. The molecule has 1 aliphatic heterocycles. The fourth-order valence-corrected chi connectivity index (χ4v) is 2.13. The third kappa shape index (κ3) is 3.69. The minimum Gasteiger partial charge on any atom is -0.381 e. The van der Waals surface area contributed by atoms with Crippen molar-refractivity contribution >= 4 is 5.91 Å². The van der Waals surface area contributed by atoms with Crippen LogP contribution in [-0.4, -0.2) is 30.1 Å². The Morgan fingerprint density at radius 1 is 1.35 bits per heavy atom. The Kier molecular flexibility index (Phi) is 4.59. The number of amides is 1. The summed E-state index contributed by atoms with van der Waals surface area (Å²) < 4.78 is 43.7. The molecule has 1 saturated heterocycles. The highest BCUT2D eigenvalue weighted by Crippen LogP contribution is 2.31. The van der Waals surface area contributed by atoms with Gasteiger partial charge in [0.05, 0.1) is 11.1 Å². The molecule has 7 heteroatoms. The van der Waals surface area contributed by atoms with Gasteiger partial charge >= 0.3 is 6.18 Å². The minimum atomic E-state index is -4.59. The zero-order valence-electron chi connectivity index (χ0n) is 10.7. The number of hydrogen-bond donors (Lipinski definition) is 1. The molecule has 0 bridgehead atoms. The quantitative estimate of drug-likeness (QED) is 0.909. The molecule has 0 aromatic carbocycles. The predicted octanol–water partition coefficient (Wildman–Crippen LogP) is 2.40. The van der Waals surface area contributed by atoms with Crippen LogP contribution in [0.5, 0.6) is 0 Å². The molecule has 1 amide bonds. The number of nitrogens with one attached hydrogen (secondary N) is 1. The Morgan fingerprint density at radius 3 is 2.90 bits per heavy atom. The third-order valence-electron chi connectivity index (χ3n) is 3.16. The van der Waals surface area contributed by atoms with Gasteiger partial charge in [0.15, 0.2) is 0 Å². The van der Waals surface area contributed by atoms with E-state index in [1.165, 1.54) is 6.20 Å². The van der Waals surface area contributed by atoms with Gasteiger partial charge in [-0.1, -0.05) is 0 Å². The summed E-state index contributed by atoms with van der Waals surface area (Å²) in [5.74, 6) is -0.716. The molecule has 0 saturated carbocycles. The molecule has 2 rings (SSSR count). The molecular weight excluding hydrogens is 273 g/mol. The maximum absolute atomic E-state index is 12.8. The van der Waals surface area contributed by atoms with Gasteiger partial charge in [-0.3, -0.25) is 9.78 Å². The van der Waals surface area contributed by atoms with Crippen molar-refractivity contribution in [3.05, 3.63) is 29.6 Å². The van der Waals surface area contributed by atoms with Crippen molar-refractivity contribution in [1.82, 2.24) is 10.3 Å². The monoisotopic (exact) mass is 288 g/mol. The van der Waals surface area contributed by atoms with Crippen molar-refractivity contribution in [3.8, 4) is 0 Å². The van der Waals surface area contributed by atoms with E-state index in [1.807, 2.05) is 0 Å². The normalized spacial score (nSPS) is 20.2. The summed E-state index contributed by atoms with van der Waals surface area (Å²) in [5.41, 5.74) is -1.40. The zero-order valence-corrected chi connectivity index (χ0v) is 10.7. The van der Waals surface area contributed by atoms with Crippen molar-refractivity contribution in [2.45, 2.75) is 31.5 Å². The Labute approximate surface area is 114 Å². The molecule has 0 radical (unpaired) electrons. The van der Waals surface area contributed by atoms with Crippen LogP contribution in [0.4, 0.5) is 13.2 Å². The zero-order chi connectivity index (χ0) is 14.6. The van der Waals surface area contributed by atoms with Gasteiger partial charge in [0.1, 0.15) is 0 Å². The lowest BCUT2D eigenvalue weighted by Gasteiger charge is -2.17. The maximum atomic E-state index is 12.8. The standard InChI is InChI=1S/C13H15F3N2O2/c14-13(15,16)11-8-17-5-3-10(11)12(19)18-9-2-1-6-20-7-4-9/h3,5,8-9H,1-2,4,6-7H2,(H,18,19). The summed E-state index contributed by atoms with van der Waals surface area (Å²) in [6.07, 6.45) is -0.636. The van der Waals surface area contributed by atoms with Crippen molar-refractivity contribution in [3.63, 3.8) is 0 Å². The number of carbonyl (C=O) groups excluding carboxylic acids is 1. The van der Waals surface area contributed by atoms with Crippen molar-refractivity contribution in [2.75, 3.05) is 13.2 Å². The Morgan fingerprint density at radius 2 is 2.15 bits per heavy atom. The first-order chi connectivity index (χ1) is 9.48. The largest absolute Gasteiger partial charge is 0.418 e. The first kappa shape index (κ1) is 14.8. The van der Waals surface area contributed by atoms with Gasteiger partial charge in [0.25, 0.3) is 5.91 Å². The molecule has 0 spiro atoms. The SMILES string of the molecule is O=C(NC1CCCOCC1)c1ccncc1C(F)(F)F. The van der Waals surface area contributed by atoms with E-state index in [1.54, 1.807) is 0 Å². The summed E-state index contributed by atoms with van der Waals surface area (Å²) in [4.78, 5) is 15.4. The number of carbonyl (C=O) groups is 1. The lowest BCUT2D eigenvalue weighted by Crippen LogP contribution is -2.36. The number of halogens is 3. The van der Waals surface area contributed by atoms with Crippen LogP contribution in [-0.2, 0) is 10.9 Å². The number of alkyl halides is 3. The fourth-order valence-electron chi connectivity index (χ4n) is 2.13. The summed E-state index contributed by atoms with van der Waals surface area (Å²) in [7, 11) is 0. The molecule has 1 aromatic heterocycles. The Bertz CT molecular complexity index is 469. The van der Waals surface area contributed by atoms with Crippen molar-refractivity contribution in [2.24, 2.45) is 0 Å². The van der Waals surface area contributed by atoms with E-state index >= 15 is 0 Å². The number of nitrogens with zero attached hydrogens (tertiary/aromatic N) is 1. The van der Waals surface area contributed by atoms with Crippen LogP contribution in [0.2, 0.25) is 0 Å². The van der Waals surface area contributed by atoms with Gasteiger partial charge in [-0.2, -0.15) is 13.2 Å². The Balaban J connectivity index is 2.13. The van der Waals surface area contributed by atoms with Crippen LogP contribution in [0.1, 0.15) is 35.2 Å². The maximum Gasteiger partial charge on any atom is 0.418 e. The molecule has 1 aliphatic rings. The lowest BCUT2D eigenvalue weighted by molar-refractivity contribution is -0.138. The molecule has 20 heavy (non-hydrogen) atoms. The van der Waals surface area contributed by atoms with Crippen LogP contribution in [0.25, 0.3) is 0 Å². The Hall–Kier alpha value is -1.63. The summed E-state index contributed by atoms with van der Waals surface area (Å²) in [5, 5.41) is 2.64. The van der Waals surface area contributed by atoms with Gasteiger partial charge < -0.3 is 10.1 Å². The highest BCUT2D eigenvalue weighted by Gasteiger charge is 2.35. The van der Waals surface area contributed by atoms with Crippen molar-refractivity contribution < 1.29 is 22.7 Å². The number of aromatic nitrogens is 1. The van der Waals surface area contributed by atoms with E-state index < -0.39 is 23.2 Å². The topological polar surface area (TPSA) is 51.2 Å². The van der Waals surface area contributed by atoms with E-state index in [9.17, 15) is 18.0 Å². The fraction of sp³-hybridized carbons (Fsp3) is 0.538. The highest BCUT2D eigenvalue weighted by atomic mass is 19.4. The van der Waals surface area contributed by atoms with E-state index in [0.29, 0.717) is 32.3 Å². The molecule has 1 fully saturated rings. The summed E-state index contributed by atoms with van der Waals surface area (Å²) in [6, 6.07) is 0.935. The number of ether oxygens (including phenoxy) is 1. The third-order valence-corrected chi connectivity index (χ3v) is 3.16. The second kappa shape index (κ2) is 6.21. The number of pyridine rings is 1. The molecule has 0 aliphatic carbocycles. The van der Waals surface area contributed by atoms with Gasteiger partial charge in [0, 0.05) is 31.6 Å². The van der Waals surface area contributed by atoms with Crippen LogP contribution in [0.15, 0.2) is 18.5 Å².